The van der Waals surface area contributed by atoms with Crippen molar-refractivity contribution in [1.29, 1.82) is 4.78 Å². The molecule has 2 rings (SSSR count). The number of hydrogen-bond donors (Lipinski definition) is 1. The van der Waals surface area contributed by atoms with Crippen molar-refractivity contribution in [2.24, 2.45) is 0 Å². The Morgan fingerprint density at radius 1 is 1.21 bits per heavy atom. The molecule has 0 aromatic heterocycles. The number of nitrogens with one attached hydrogen (secondary N) is 1. The topological polar surface area (TPSA) is 53.4 Å². The summed E-state index contributed by atoms with van der Waals surface area (Å²) in [6.07, 6.45) is 4.23. The lowest BCUT2D eigenvalue weighted by molar-refractivity contribution is 0.0740. The molecule has 1 aliphatic heterocycles. The van der Waals surface area contributed by atoms with E-state index in [0.29, 0.717) is 26.3 Å². The summed E-state index contributed by atoms with van der Waals surface area (Å²) in [6.45, 7) is 2.59. The van der Waals surface area contributed by atoms with Gasteiger partial charge in [0.25, 0.3) is 0 Å². The van der Waals surface area contributed by atoms with Gasteiger partial charge < -0.3 is 4.74 Å². The van der Waals surface area contributed by atoms with Gasteiger partial charge in [0.05, 0.1) is 18.5 Å². The molecular formula is C9H18N2O2S. The van der Waals surface area contributed by atoms with Crippen LogP contribution < -0.4 is 0 Å². The minimum Gasteiger partial charge on any atom is -0.379 e. The molecule has 4 nitrogen and oxygen atoms in total. The maximum Gasteiger partial charge on any atom is 0.110 e. The van der Waals surface area contributed by atoms with Gasteiger partial charge in [0, 0.05) is 13.1 Å². The van der Waals surface area contributed by atoms with Crippen LogP contribution in [0.15, 0.2) is 0 Å². The van der Waals surface area contributed by atoms with Gasteiger partial charge in [0.2, 0.25) is 0 Å². The third-order valence-electron chi connectivity index (χ3n) is 3.11. The van der Waals surface area contributed by atoms with Gasteiger partial charge in [-0.1, -0.05) is 12.8 Å². The summed E-state index contributed by atoms with van der Waals surface area (Å²) >= 11 is 0. The second kappa shape index (κ2) is 4.16. The Morgan fingerprint density at radius 2 is 1.79 bits per heavy atom. The molecule has 82 valence electrons. The van der Waals surface area contributed by atoms with E-state index in [4.69, 9.17) is 9.52 Å². The average Bonchev–Trinajstić information content (AvgIpc) is 2.72. The smallest absolute Gasteiger partial charge is 0.110 e. The summed E-state index contributed by atoms with van der Waals surface area (Å²) in [5.41, 5.74) is 0. The zero-order chi connectivity index (χ0) is 10.0. The molecule has 1 saturated heterocycles. The van der Waals surface area contributed by atoms with Gasteiger partial charge in [0.1, 0.15) is 9.92 Å². The van der Waals surface area contributed by atoms with Crippen LogP contribution in [0, 0.1) is 4.78 Å². The molecule has 1 unspecified atom stereocenters. The van der Waals surface area contributed by atoms with Gasteiger partial charge in [-0.25, -0.2) is 13.3 Å². The van der Waals surface area contributed by atoms with Gasteiger partial charge >= 0.3 is 0 Å². The molecule has 1 N–H and O–H groups in total. The van der Waals surface area contributed by atoms with Crippen LogP contribution >= 0.6 is 0 Å². The van der Waals surface area contributed by atoms with E-state index in [9.17, 15) is 4.21 Å². The van der Waals surface area contributed by atoms with E-state index in [0.717, 1.165) is 25.7 Å². The van der Waals surface area contributed by atoms with Crippen molar-refractivity contribution in [2.45, 2.75) is 30.9 Å². The summed E-state index contributed by atoms with van der Waals surface area (Å²) in [6, 6.07) is 0. The quantitative estimate of drug-likeness (QED) is 0.757. The summed E-state index contributed by atoms with van der Waals surface area (Å²) in [4.78, 5) is 0. The van der Waals surface area contributed by atoms with Crippen molar-refractivity contribution < 1.29 is 8.95 Å². The third kappa shape index (κ3) is 1.94. The normalized spacial score (nSPS) is 30.3. The van der Waals surface area contributed by atoms with E-state index in [1.54, 1.807) is 0 Å². The van der Waals surface area contributed by atoms with Crippen LogP contribution in [0.25, 0.3) is 0 Å². The molecule has 14 heavy (non-hydrogen) atoms. The highest BCUT2D eigenvalue weighted by molar-refractivity contribution is 7.90. The Morgan fingerprint density at radius 3 is 2.36 bits per heavy atom. The molecule has 1 saturated carbocycles. The van der Waals surface area contributed by atoms with Crippen LogP contribution in [0.1, 0.15) is 25.7 Å². The van der Waals surface area contributed by atoms with Crippen LogP contribution in [0.2, 0.25) is 0 Å². The predicted molar refractivity (Wildman–Crippen MR) is 55.5 cm³/mol. The van der Waals surface area contributed by atoms with Crippen LogP contribution in [0.4, 0.5) is 0 Å². The summed E-state index contributed by atoms with van der Waals surface area (Å²) < 4.78 is 27.3. The highest BCUT2D eigenvalue weighted by Crippen LogP contribution is 2.27. The van der Waals surface area contributed by atoms with Crippen molar-refractivity contribution in [3.05, 3.63) is 0 Å². The zero-order valence-corrected chi connectivity index (χ0v) is 9.22. The van der Waals surface area contributed by atoms with Crippen molar-refractivity contribution in [2.75, 3.05) is 26.3 Å². The van der Waals surface area contributed by atoms with Gasteiger partial charge in [0.15, 0.2) is 0 Å². The van der Waals surface area contributed by atoms with Crippen LogP contribution in [-0.2, 0) is 14.7 Å². The van der Waals surface area contributed by atoms with Crippen LogP contribution in [-0.4, -0.2) is 40.1 Å². The fourth-order valence-corrected chi connectivity index (χ4v) is 4.32. The molecule has 0 radical (unpaired) electrons. The molecule has 5 heteroatoms. The summed E-state index contributed by atoms with van der Waals surface area (Å²) in [5, 5.41) is 0.112. The molecule has 1 aliphatic carbocycles. The molecule has 2 aliphatic rings. The van der Waals surface area contributed by atoms with Gasteiger partial charge in [-0.15, -0.1) is 0 Å². The van der Waals surface area contributed by atoms with Crippen molar-refractivity contribution in [3.8, 4) is 0 Å². The van der Waals surface area contributed by atoms with Gasteiger partial charge in [-0.3, -0.25) is 0 Å². The third-order valence-corrected chi connectivity index (χ3v) is 5.62. The summed E-state index contributed by atoms with van der Waals surface area (Å²) in [7, 11) is -2.51. The Balaban J connectivity index is 2.05. The molecule has 0 amide bonds. The van der Waals surface area contributed by atoms with E-state index in [1.807, 2.05) is 4.31 Å². The highest BCUT2D eigenvalue weighted by atomic mass is 32.2. The monoisotopic (exact) mass is 218 g/mol. The standard InChI is InChI=1S/C9H18N2O2S/c10-14(12,9-3-1-2-4-9)11-5-7-13-8-6-11/h9-10H,1-8H2. The molecule has 0 aromatic carbocycles. The van der Waals surface area contributed by atoms with Crippen molar-refractivity contribution in [3.63, 3.8) is 0 Å². The lowest BCUT2D eigenvalue weighted by Gasteiger charge is -2.31. The van der Waals surface area contributed by atoms with Crippen molar-refractivity contribution in [1.82, 2.24) is 4.31 Å². The highest BCUT2D eigenvalue weighted by Gasteiger charge is 2.31. The molecular weight excluding hydrogens is 200 g/mol. The van der Waals surface area contributed by atoms with E-state index < -0.39 is 9.92 Å². The second-order valence-electron chi connectivity index (χ2n) is 4.02. The summed E-state index contributed by atoms with van der Waals surface area (Å²) in [5.74, 6) is 0. The first-order valence-electron chi connectivity index (χ1n) is 5.32. The molecule has 0 spiro atoms. The number of morpholine rings is 1. The largest absolute Gasteiger partial charge is 0.379 e. The number of rotatable bonds is 2. The minimum atomic E-state index is -2.51. The Bertz CT molecular complexity index is 277. The van der Waals surface area contributed by atoms with Crippen molar-refractivity contribution >= 4 is 9.92 Å². The minimum absolute atomic E-state index is 0.112. The fourth-order valence-electron chi connectivity index (χ4n) is 2.24. The van der Waals surface area contributed by atoms with Crippen LogP contribution in [0.5, 0.6) is 0 Å². The number of hydrogen-bond acceptors (Lipinski definition) is 3. The maximum atomic E-state index is 12.3. The SMILES string of the molecule is N=S(=O)(C1CCCC1)N1CCOCC1. The Labute approximate surface area is 85.7 Å². The number of ether oxygens (including phenoxy) is 1. The lowest BCUT2D eigenvalue weighted by atomic mass is 10.4. The Hall–Kier alpha value is -0.130. The second-order valence-corrected chi connectivity index (χ2v) is 6.34. The first-order chi connectivity index (χ1) is 6.71. The zero-order valence-electron chi connectivity index (χ0n) is 8.41. The van der Waals surface area contributed by atoms with Gasteiger partial charge in [-0.2, -0.15) is 0 Å². The Kier molecular flexibility index (Phi) is 3.09. The average molecular weight is 218 g/mol. The number of nitrogens with zero attached hydrogens (tertiary/aromatic N) is 1. The van der Waals surface area contributed by atoms with E-state index in [2.05, 4.69) is 0 Å². The lowest BCUT2D eigenvalue weighted by Crippen LogP contribution is -2.43. The van der Waals surface area contributed by atoms with Gasteiger partial charge in [-0.05, 0) is 12.8 Å². The van der Waals surface area contributed by atoms with Crippen LogP contribution in [0.3, 0.4) is 0 Å². The predicted octanol–water partition coefficient (Wildman–Crippen LogP) is 1.22. The van der Waals surface area contributed by atoms with E-state index >= 15 is 0 Å². The first kappa shape index (κ1) is 10.4. The molecule has 2 fully saturated rings. The first-order valence-corrected chi connectivity index (χ1v) is 6.89. The maximum absolute atomic E-state index is 12.3. The molecule has 0 aromatic rings. The molecule has 0 bridgehead atoms. The molecule has 1 atom stereocenters. The fraction of sp³-hybridized carbons (Fsp3) is 1.00. The van der Waals surface area contributed by atoms with E-state index in [-0.39, 0.29) is 5.25 Å². The van der Waals surface area contributed by atoms with E-state index in [1.165, 1.54) is 0 Å². The molecule has 1 heterocycles.